The number of ether oxygens (including phenoxy) is 1. The minimum Gasteiger partial charge on any atom is -0.375 e. The number of alkyl halides is 3. The zero-order valence-corrected chi connectivity index (χ0v) is 8.40. The smallest absolute Gasteiger partial charge is 0.375 e. The number of hydrogen-bond donors (Lipinski definition) is 1. The maximum Gasteiger partial charge on any atom is 0.441 e. The van der Waals surface area contributed by atoms with Gasteiger partial charge in [-0.05, 0) is 11.8 Å². The molecule has 13 heavy (non-hydrogen) atoms. The van der Waals surface area contributed by atoms with Gasteiger partial charge in [-0.3, -0.25) is 0 Å². The van der Waals surface area contributed by atoms with Crippen LogP contribution in [0.5, 0.6) is 0 Å². The van der Waals surface area contributed by atoms with Crippen LogP contribution in [0.15, 0.2) is 0 Å². The highest BCUT2D eigenvalue weighted by molar-refractivity contribution is 8.00. The Morgan fingerprint density at radius 1 is 1.46 bits per heavy atom. The molecule has 0 radical (unpaired) electrons. The molecular weight excluding hydrogens is 227 g/mol. The molecule has 0 spiro atoms. The maximum absolute atomic E-state index is 11.7. The second kappa shape index (κ2) is 5.95. The summed E-state index contributed by atoms with van der Waals surface area (Å²) >= 11 is -0.0249. The van der Waals surface area contributed by atoms with Crippen LogP contribution in [0.2, 0.25) is 0 Å². The molecule has 0 aromatic rings. The molecule has 1 aliphatic rings. The van der Waals surface area contributed by atoms with Crippen molar-refractivity contribution in [2.24, 2.45) is 0 Å². The van der Waals surface area contributed by atoms with Crippen molar-refractivity contribution in [3.63, 3.8) is 0 Å². The van der Waals surface area contributed by atoms with E-state index in [4.69, 9.17) is 4.74 Å². The minimum atomic E-state index is -4.14. The molecule has 1 atom stereocenters. The van der Waals surface area contributed by atoms with Crippen LogP contribution in [0.25, 0.3) is 0 Å². The molecule has 7 heteroatoms. The van der Waals surface area contributed by atoms with Gasteiger partial charge in [0.25, 0.3) is 0 Å². The van der Waals surface area contributed by atoms with E-state index in [1.807, 2.05) is 0 Å². The fourth-order valence-electron chi connectivity index (χ4n) is 0.914. The Morgan fingerprint density at radius 3 is 2.62 bits per heavy atom. The third-order valence-corrected chi connectivity index (χ3v) is 2.30. The third-order valence-electron chi connectivity index (χ3n) is 1.44. The van der Waals surface area contributed by atoms with Gasteiger partial charge >= 0.3 is 5.51 Å². The fraction of sp³-hybridized carbons (Fsp3) is 1.00. The van der Waals surface area contributed by atoms with E-state index in [0.29, 0.717) is 13.2 Å². The summed E-state index contributed by atoms with van der Waals surface area (Å²) in [6.07, 6.45) is -0.301. The topological polar surface area (TPSA) is 21.3 Å². The lowest BCUT2D eigenvalue weighted by Crippen LogP contribution is -2.40. The Hall–Kier alpha value is 0.350. The highest BCUT2D eigenvalue weighted by atomic mass is 35.5. The van der Waals surface area contributed by atoms with Crippen molar-refractivity contribution < 1.29 is 17.9 Å². The highest BCUT2D eigenvalue weighted by Gasteiger charge is 2.30. The molecular formula is C6H11ClF3NOS. The Labute approximate surface area is 85.0 Å². The maximum atomic E-state index is 11.7. The second-order valence-electron chi connectivity index (χ2n) is 2.45. The Bertz CT molecular complexity index is 140. The molecule has 1 saturated heterocycles. The third kappa shape index (κ3) is 6.42. The van der Waals surface area contributed by atoms with E-state index in [1.54, 1.807) is 0 Å². The molecule has 1 rings (SSSR count). The van der Waals surface area contributed by atoms with Gasteiger partial charge in [-0.25, -0.2) is 0 Å². The highest BCUT2D eigenvalue weighted by Crippen LogP contribution is 2.30. The lowest BCUT2D eigenvalue weighted by atomic mass is 10.3. The monoisotopic (exact) mass is 237 g/mol. The van der Waals surface area contributed by atoms with Crippen LogP contribution >= 0.6 is 24.2 Å². The number of morpholine rings is 1. The van der Waals surface area contributed by atoms with Gasteiger partial charge in [0.2, 0.25) is 0 Å². The first kappa shape index (κ1) is 13.4. The Balaban J connectivity index is 0.00000144. The lowest BCUT2D eigenvalue weighted by molar-refractivity contribution is -0.0343. The summed E-state index contributed by atoms with van der Waals surface area (Å²) in [5.41, 5.74) is -4.14. The molecule has 1 aliphatic heterocycles. The first-order valence-electron chi connectivity index (χ1n) is 3.61. The van der Waals surface area contributed by atoms with Crippen LogP contribution in [0.4, 0.5) is 13.2 Å². The van der Waals surface area contributed by atoms with Crippen LogP contribution in [0.3, 0.4) is 0 Å². The molecule has 1 fully saturated rings. The number of rotatable bonds is 2. The number of hydrogen-bond acceptors (Lipinski definition) is 3. The van der Waals surface area contributed by atoms with Crippen LogP contribution in [0, 0.1) is 0 Å². The fourth-order valence-corrected chi connectivity index (χ4v) is 1.50. The largest absolute Gasteiger partial charge is 0.441 e. The van der Waals surface area contributed by atoms with Crippen molar-refractivity contribution in [3.8, 4) is 0 Å². The number of nitrogens with one attached hydrogen (secondary N) is 1. The van der Waals surface area contributed by atoms with Crippen molar-refractivity contribution in [1.29, 1.82) is 0 Å². The molecule has 80 valence electrons. The van der Waals surface area contributed by atoms with Crippen LogP contribution < -0.4 is 5.32 Å². The lowest BCUT2D eigenvalue weighted by Gasteiger charge is -2.23. The van der Waals surface area contributed by atoms with Crippen molar-refractivity contribution in [2.45, 2.75) is 11.6 Å². The predicted octanol–water partition coefficient (Wildman–Crippen LogP) is 1.65. The van der Waals surface area contributed by atoms with Crippen molar-refractivity contribution >= 4 is 24.2 Å². The van der Waals surface area contributed by atoms with E-state index in [-0.39, 0.29) is 36.0 Å². The first-order valence-corrected chi connectivity index (χ1v) is 4.59. The quantitative estimate of drug-likeness (QED) is 0.789. The summed E-state index contributed by atoms with van der Waals surface area (Å²) in [7, 11) is 0. The van der Waals surface area contributed by atoms with Gasteiger partial charge in [0, 0.05) is 18.8 Å². The second-order valence-corrected chi connectivity index (χ2v) is 3.54. The molecule has 0 aromatic carbocycles. The minimum absolute atomic E-state index is 0. The van der Waals surface area contributed by atoms with E-state index in [1.165, 1.54) is 0 Å². The number of halogens is 4. The van der Waals surface area contributed by atoms with Gasteiger partial charge in [-0.15, -0.1) is 12.4 Å². The summed E-state index contributed by atoms with van der Waals surface area (Å²) < 4.78 is 40.2. The summed E-state index contributed by atoms with van der Waals surface area (Å²) in [6.45, 7) is 1.75. The number of thioether (sulfide) groups is 1. The standard InChI is InChI=1S/C6H10F3NOS.ClH/c7-6(8,9)12-4-5-3-10-1-2-11-5;/h5,10H,1-4H2;1H. The molecule has 0 saturated carbocycles. The van der Waals surface area contributed by atoms with Crippen LogP contribution in [-0.4, -0.2) is 37.1 Å². The predicted molar refractivity (Wildman–Crippen MR) is 48.4 cm³/mol. The van der Waals surface area contributed by atoms with E-state index in [0.717, 1.165) is 6.54 Å². The zero-order chi connectivity index (χ0) is 9.03. The van der Waals surface area contributed by atoms with Gasteiger partial charge < -0.3 is 10.1 Å². The van der Waals surface area contributed by atoms with E-state index >= 15 is 0 Å². The van der Waals surface area contributed by atoms with Gasteiger partial charge in [-0.2, -0.15) is 13.2 Å². The van der Waals surface area contributed by atoms with Gasteiger partial charge in [0.05, 0.1) is 12.7 Å². The summed E-state index contributed by atoms with van der Waals surface area (Å²) in [4.78, 5) is 0. The van der Waals surface area contributed by atoms with E-state index in [2.05, 4.69) is 5.32 Å². The van der Waals surface area contributed by atoms with Gasteiger partial charge in [-0.1, -0.05) is 0 Å². The molecule has 1 N–H and O–H groups in total. The molecule has 0 bridgehead atoms. The zero-order valence-electron chi connectivity index (χ0n) is 6.76. The van der Waals surface area contributed by atoms with Gasteiger partial charge in [0.1, 0.15) is 0 Å². The van der Waals surface area contributed by atoms with Crippen LogP contribution in [-0.2, 0) is 4.74 Å². The van der Waals surface area contributed by atoms with E-state index in [9.17, 15) is 13.2 Å². The average molecular weight is 238 g/mol. The van der Waals surface area contributed by atoms with Crippen molar-refractivity contribution in [3.05, 3.63) is 0 Å². The summed E-state index contributed by atoms with van der Waals surface area (Å²) in [6, 6.07) is 0. The Morgan fingerprint density at radius 2 is 2.15 bits per heavy atom. The Kier molecular flexibility index (Phi) is 6.11. The summed E-state index contributed by atoms with van der Waals surface area (Å²) in [5.74, 6) is -0.0174. The van der Waals surface area contributed by atoms with Crippen molar-refractivity contribution in [1.82, 2.24) is 5.32 Å². The molecule has 1 unspecified atom stereocenters. The van der Waals surface area contributed by atoms with Crippen LogP contribution in [0.1, 0.15) is 0 Å². The molecule has 0 aromatic heterocycles. The normalized spacial score (nSPS) is 23.8. The van der Waals surface area contributed by atoms with E-state index < -0.39 is 5.51 Å². The molecule has 0 aliphatic carbocycles. The summed E-state index contributed by atoms with van der Waals surface area (Å²) in [5, 5.41) is 2.97. The van der Waals surface area contributed by atoms with Crippen molar-refractivity contribution in [2.75, 3.05) is 25.4 Å². The first-order chi connectivity index (χ1) is 5.58. The molecule has 1 heterocycles. The van der Waals surface area contributed by atoms with Gasteiger partial charge in [0.15, 0.2) is 0 Å². The molecule has 0 amide bonds. The SMILES string of the molecule is Cl.FC(F)(F)SCC1CNCCO1. The average Bonchev–Trinajstić information content (AvgIpc) is 2.02. The molecule has 2 nitrogen and oxygen atoms in total.